The molecule has 0 aromatic heterocycles. The van der Waals surface area contributed by atoms with E-state index in [1.807, 2.05) is 6.92 Å². The van der Waals surface area contributed by atoms with Crippen LogP contribution in [0.15, 0.2) is 0 Å². The third-order valence-electron chi connectivity index (χ3n) is 2.60. The van der Waals surface area contributed by atoms with Gasteiger partial charge in [-0.2, -0.15) is 0 Å². The first-order valence-corrected chi connectivity index (χ1v) is 7.77. The van der Waals surface area contributed by atoms with Crippen LogP contribution < -0.4 is 0 Å². The minimum atomic E-state index is -0.0471. The Balaban J connectivity index is 3.27. The molecule has 0 N–H and O–H groups in total. The molecule has 0 spiro atoms. The Labute approximate surface area is 114 Å². The molecule has 0 aromatic rings. The Morgan fingerprint density at radius 2 is 1.62 bits per heavy atom. The molecule has 2 nitrogen and oxygen atoms in total. The first-order valence-electron chi connectivity index (χ1n) is 6.53. The van der Waals surface area contributed by atoms with E-state index < -0.39 is 0 Å². The number of esters is 1. The maximum Gasteiger partial charge on any atom is 0.318 e. The number of halogens is 1. The van der Waals surface area contributed by atoms with Crippen LogP contribution in [0, 0.1) is 0 Å². The predicted molar refractivity (Wildman–Crippen MR) is 77.1 cm³/mol. The summed E-state index contributed by atoms with van der Waals surface area (Å²) in [6.07, 6.45) is 10.1. The monoisotopic (exact) mass is 340 g/mol. The van der Waals surface area contributed by atoms with Gasteiger partial charge in [0.05, 0.1) is 6.61 Å². The van der Waals surface area contributed by atoms with E-state index in [1.54, 1.807) is 0 Å². The molecular formula is C13H25IO2. The summed E-state index contributed by atoms with van der Waals surface area (Å²) in [7, 11) is 0. The van der Waals surface area contributed by atoms with Crippen LogP contribution in [0.4, 0.5) is 0 Å². The van der Waals surface area contributed by atoms with Crippen LogP contribution in [-0.2, 0) is 9.53 Å². The molecule has 96 valence electrons. The van der Waals surface area contributed by atoms with E-state index in [1.165, 1.54) is 38.5 Å². The van der Waals surface area contributed by atoms with Gasteiger partial charge in [0, 0.05) is 0 Å². The van der Waals surface area contributed by atoms with Gasteiger partial charge in [-0.15, -0.1) is 0 Å². The van der Waals surface area contributed by atoms with Gasteiger partial charge < -0.3 is 4.74 Å². The van der Waals surface area contributed by atoms with E-state index in [-0.39, 0.29) is 9.89 Å². The van der Waals surface area contributed by atoms with Gasteiger partial charge in [0.2, 0.25) is 0 Å². The van der Waals surface area contributed by atoms with Crippen LogP contribution in [0.3, 0.4) is 0 Å². The number of alkyl halides is 1. The van der Waals surface area contributed by atoms with Gasteiger partial charge in [-0.1, -0.05) is 74.5 Å². The maximum absolute atomic E-state index is 11.3. The molecule has 0 bridgehead atoms. The van der Waals surface area contributed by atoms with Gasteiger partial charge in [0.15, 0.2) is 0 Å². The third-order valence-corrected chi connectivity index (χ3v) is 3.73. The molecule has 0 rings (SSSR count). The zero-order valence-electron chi connectivity index (χ0n) is 10.6. The van der Waals surface area contributed by atoms with Crippen molar-refractivity contribution in [1.29, 1.82) is 0 Å². The molecule has 1 unspecified atom stereocenters. The van der Waals surface area contributed by atoms with Gasteiger partial charge in [-0.3, -0.25) is 4.79 Å². The molecule has 1 atom stereocenters. The molecule has 0 heterocycles. The summed E-state index contributed by atoms with van der Waals surface area (Å²) in [5.41, 5.74) is 0. The van der Waals surface area contributed by atoms with Gasteiger partial charge >= 0.3 is 5.97 Å². The molecule has 0 saturated carbocycles. The van der Waals surface area contributed by atoms with Crippen molar-refractivity contribution in [3.05, 3.63) is 0 Å². The topological polar surface area (TPSA) is 26.3 Å². The number of rotatable bonds is 10. The minimum absolute atomic E-state index is 0.0471. The molecule has 0 saturated heterocycles. The number of hydrogen-bond acceptors (Lipinski definition) is 2. The van der Waals surface area contributed by atoms with Crippen molar-refractivity contribution in [2.75, 3.05) is 6.61 Å². The van der Waals surface area contributed by atoms with Gasteiger partial charge in [0.1, 0.15) is 3.92 Å². The second-order valence-corrected chi connectivity index (χ2v) is 5.63. The standard InChI is InChI=1S/C13H25IO2/c1-3-5-6-7-8-9-10-11-12(14)13(15)16-4-2/h12H,3-11H2,1-2H3. The molecular weight excluding hydrogens is 315 g/mol. The minimum Gasteiger partial charge on any atom is -0.465 e. The SMILES string of the molecule is CCCCCCCCCC(I)C(=O)OCC. The average Bonchev–Trinajstić information content (AvgIpc) is 2.28. The summed E-state index contributed by atoms with van der Waals surface area (Å²) in [5.74, 6) is -0.0471. The van der Waals surface area contributed by atoms with E-state index in [0.29, 0.717) is 6.61 Å². The highest BCUT2D eigenvalue weighted by molar-refractivity contribution is 14.1. The first-order chi connectivity index (χ1) is 7.72. The number of carbonyl (C=O) groups is 1. The van der Waals surface area contributed by atoms with Crippen LogP contribution in [0.25, 0.3) is 0 Å². The largest absolute Gasteiger partial charge is 0.465 e. The van der Waals surface area contributed by atoms with Crippen LogP contribution in [0.2, 0.25) is 0 Å². The zero-order chi connectivity index (χ0) is 12.2. The summed E-state index contributed by atoms with van der Waals surface area (Å²) < 4.78 is 5.02. The van der Waals surface area contributed by atoms with Crippen molar-refractivity contribution in [1.82, 2.24) is 0 Å². The van der Waals surface area contributed by atoms with Crippen LogP contribution in [0.1, 0.15) is 65.2 Å². The van der Waals surface area contributed by atoms with Crippen molar-refractivity contribution in [3.8, 4) is 0 Å². The molecule has 16 heavy (non-hydrogen) atoms. The number of ether oxygens (including phenoxy) is 1. The number of unbranched alkanes of at least 4 members (excludes halogenated alkanes) is 6. The van der Waals surface area contributed by atoms with Crippen molar-refractivity contribution in [3.63, 3.8) is 0 Å². The van der Waals surface area contributed by atoms with Crippen LogP contribution >= 0.6 is 22.6 Å². The van der Waals surface area contributed by atoms with Crippen LogP contribution in [-0.4, -0.2) is 16.5 Å². The first kappa shape index (κ1) is 16.2. The molecule has 0 radical (unpaired) electrons. The Morgan fingerprint density at radius 3 is 2.19 bits per heavy atom. The molecule has 0 aliphatic carbocycles. The Morgan fingerprint density at radius 1 is 1.06 bits per heavy atom. The normalized spacial score (nSPS) is 12.4. The molecule has 0 aromatic carbocycles. The Kier molecular flexibility index (Phi) is 11.8. The fourth-order valence-corrected chi connectivity index (χ4v) is 2.25. The third kappa shape index (κ3) is 9.43. The van der Waals surface area contributed by atoms with Crippen molar-refractivity contribution < 1.29 is 9.53 Å². The predicted octanol–water partition coefficient (Wildman–Crippen LogP) is 4.49. The molecule has 0 aliphatic rings. The van der Waals surface area contributed by atoms with Gasteiger partial charge in [0.25, 0.3) is 0 Å². The Hall–Kier alpha value is 0.200. The molecule has 3 heteroatoms. The summed E-state index contributed by atoms with van der Waals surface area (Å²) in [4.78, 5) is 11.3. The lowest BCUT2D eigenvalue weighted by Gasteiger charge is -2.08. The summed E-state index contributed by atoms with van der Waals surface area (Å²) in [6, 6.07) is 0. The fourth-order valence-electron chi connectivity index (χ4n) is 1.63. The second-order valence-electron chi connectivity index (χ2n) is 4.13. The quantitative estimate of drug-likeness (QED) is 0.253. The molecule has 0 fully saturated rings. The van der Waals surface area contributed by atoms with Crippen molar-refractivity contribution >= 4 is 28.6 Å². The van der Waals surface area contributed by atoms with E-state index >= 15 is 0 Å². The summed E-state index contributed by atoms with van der Waals surface area (Å²) in [5, 5.41) is 0. The van der Waals surface area contributed by atoms with E-state index in [4.69, 9.17) is 4.74 Å². The fraction of sp³-hybridized carbons (Fsp3) is 0.923. The highest BCUT2D eigenvalue weighted by atomic mass is 127. The molecule has 0 amide bonds. The Bertz CT molecular complexity index is 171. The lowest BCUT2D eigenvalue weighted by molar-refractivity contribution is -0.142. The lowest BCUT2D eigenvalue weighted by atomic mass is 10.1. The van der Waals surface area contributed by atoms with Crippen molar-refractivity contribution in [2.45, 2.75) is 69.1 Å². The molecule has 0 aliphatic heterocycles. The van der Waals surface area contributed by atoms with Gasteiger partial charge in [-0.05, 0) is 13.3 Å². The van der Waals surface area contributed by atoms with E-state index in [2.05, 4.69) is 29.5 Å². The zero-order valence-corrected chi connectivity index (χ0v) is 12.8. The second kappa shape index (κ2) is 11.7. The highest BCUT2D eigenvalue weighted by Crippen LogP contribution is 2.15. The highest BCUT2D eigenvalue weighted by Gasteiger charge is 2.14. The van der Waals surface area contributed by atoms with Crippen molar-refractivity contribution in [2.24, 2.45) is 0 Å². The smallest absolute Gasteiger partial charge is 0.318 e. The summed E-state index contributed by atoms with van der Waals surface area (Å²) in [6.45, 7) is 4.59. The summed E-state index contributed by atoms with van der Waals surface area (Å²) >= 11 is 2.19. The van der Waals surface area contributed by atoms with E-state index in [9.17, 15) is 4.79 Å². The van der Waals surface area contributed by atoms with Crippen LogP contribution in [0.5, 0.6) is 0 Å². The maximum atomic E-state index is 11.3. The van der Waals surface area contributed by atoms with Gasteiger partial charge in [-0.25, -0.2) is 0 Å². The lowest BCUT2D eigenvalue weighted by Crippen LogP contribution is -2.16. The number of carbonyl (C=O) groups excluding carboxylic acids is 1. The average molecular weight is 340 g/mol. The van der Waals surface area contributed by atoms with E-state index in [0.717, 1.165) is 12.8 Å². The number of hydrogen-bond donors (Lipinski definition) is 0.